The van der Waals surface area contributed by atoms with Crippen LogP contribution in [-0.2, 0) is 11.3 Å². The summed E-state index contributed by atoms with van der Waals surface area (Å²) in [4.78, 5) is 28.1. The van der Waals surface area contributed by atoms with E-state index in [1.54, 1.807) is 17.9 Å². The van der Waals surface area contributed by atoms with E-state index >= 15 is 0 Å². The molecule has 0 spiro atoms. The summed E-state index contributed by atoms with van der Waals surface area (Å²) in [7, 11) is 0. The van der Waals surface area contributed by atoms with Crippen molar-refractivity contribution < 1.29 is 15.0 Å². The number of rotatable bonds is 8. The molecule has 0 radical (unpaired) electrons. The highest BCUT2D eigenvalue weighted by Crippen LogP contribution is 2.35. The van der Waals surface area contributed by atoms with Gasteiger partial charge in [-0.15, -0.1) is 0 Å². The van der Waals surface area contributed by atoms with Gasteiger partial charge in [-0.1, -0.05) is 47.5 Å². The highest BCUT2D eigenvalue weighted by atomic mass is 35.5. The lowest BCUT2D eigenvalue weighted by Gasteiger charge is -2.28. The molecule has 3 atom stereocenters. The van der Waals surface area contributed by atoms with Crippen LogP contribution in [-0.4, -0.2) is 54.7 Å². The summed E-state index contributed by atoms with van der Waals surface area (Å²) < 4.78 is 0. The van der Waals surface area contributed by atoms with Gasteiger partial charge in [0, 0.05) is 12.6 Å². The number of aliphatic hydroxyl groups is 2. The number of fused-ring (bicyclic) bond motifs is 1. The van der Waals surface area contributed by atoms with Gasteiger partial charge in [0.05, 0.1) is 41.3 Å². The molecule has 4 rings (SSSR count). The first-order chi connectivity index (χ1) is 17.2. The maximum absolute atomic E-state index is 13.1. The molecular weight excluding hydrogens is 480 g/mol. The Labute approximate surface area is 215 Å². The third kappa shape index (κ3) is 5.49. The molecule has 3 aromatic rings. The van der Waals surface area contributed by atoms with Gasteiger partial charge in [0.15, 0.2) is 6.23 Å². The lowest BCUT2D eigenvalue weighted by molar-refractivity contribution is -0.131. The van der Waals surface area contributed by atoms with Crippen LogP contribution >= 0.6 is 11.6 Å². The standard InChI is InChI=1S/C26H31ClN6O3/c1-14(2)29-26-28-11-19(27)23(32-26)20-9-8-18-12-33(25(36)22(18)30-20)16(4)24(35)31-21(13-34)17-7-5-6-15(3)10-17/h5-11,14,16,21,25,34,36H,12-13H2,1-4H3,(H,31,35)(H,28,29,32)/t16-,21-,25?/m1/s1. The van der Waals surface area contributed by atoms with E-state index in [1.165, 1.54) is 6.20 Å². The molecular formula is C26H31ClN6O3. The molecule has 0 saturated heterocycles. The van der Waals surface area contributed by atoms with Crippen molar-refractivity contribution in [2.75, 3.05) is 11.9 Å². The van der Waals surface area contributed by atoms with Gasteiger partial charge < -0.3 is 20.8 Å². The van der Waals surface area contributed by atoms with E-state index in [1.807, 2.05) is 51.1 Å². The summed E-state index contributed by atoms with van der Waals surface area (Å²) in [5.74, 6) is 0.136. The number of nitrogens with zero attached hydrogens (tertiary/aromatic N) is 4. The van der Waals surface area contributed by atoms with E-state index in [2.05, 4.69) is 25.6 Å². The van der Waals surface area contributed by atoms with Gasteiger partial charge in [0.2, 0.25) is 11.9 Å². The number of benzene rings is 1. The summed E-state index contributed by atoms with van der Waals surface area (Å²) in [5, 5.41) is 27.3. The molecule has 190 valence electrons. The lowest BCUT2D eigenvalue weighted by Crippen LogP contribution is -2.46. The van der Waals surface area contributed by atoms with Crippen molar-refractivity contribution in [3.8, 4) is 11.4 Å². The number of carbonyl (C=O) groups excluding carboxylic acids is 1. The zero-order valence-corrected chi connectivity index (χ0v) is 21.5. The third-order valence-electron chi connectivity index (χ3n) is 6.15. The topological polar surface area (TPSA) is 124 Å². The summed E-state index contributed by atoms with van der Waals surface area (Å²) in [5.41, 5.74) is 4.09. The number of halogens is 1. The van der Waals surface area contributed by atoms with Crippen LogP contribution in [0, 0.1) is 6.92 Å². The fourth-order valence-corrected chi connectivity index (χ4v) is 4.41. The first kappa shape index (κ1) is 26.0. The number of aliphatic hydroxyl groups excluding tert-OH is 2. The van der Waals surface area contributed by atoms with Crippen LogP contribution < -0.4 is 10.6 Å². The molecule has 0 aliphatic carbocycles. The molecule has 36 heavy (non-hydrogen) atoms. The van der Waals surface area contributed by atoms with Crippen molar-refractivity contribution in [3.63, 3.8) is 0 Å². The molecule has 10 heteroatoms. The molecule has 9 nitrogen and oxygen atoms in total. The van der Waals surface area contributed by atoms with Crippen molar-refractivity contribution in [1.82, 2.24) is 25.2 Å². The van der Waals surface area contributed by atoms with Crippen LogP contribution in [0.5, 0.6) is 0 Å². The third-order valence-corrected chi connectivity index (χ3v) is 6.43. The van der Waals surface area contributed by atoms with E-state index in [9.17, 15) is 15.0 Å². The molecule has 0 saturated carbocycles. The van der Waals surface area contributed by atoms with Gasteiger partial charge in [0.1, 0.15) is 5.69 Å². The summed E-state index contributed by atoms with van der Waals surface area (Å²) in [6, 6.07) is 10.2. The maximum atomic E-state index is 13.1. The number of amides is 1. The summed E-state index contributed by atoms with van der Waals surface area (Å²) >= 11 is 6.36. The Morgan fingerprint density at radius 1 is 1.22 bits per heavy atom. The number of carbonyl (C=O) groups is 1. The normalized spacial score (nSPS) is 17.1. The van der Waals surface area contributed by atoms with Crippen LogP contribution in [0.25, 0.3) is 11.4 Å². The van der Waals surface area contributed by atoms with Crippen molar-refractivity contribution in [2.24, 2.45) is 0 Å². The van der Waals surface area contributed by atoms with Crippen LogP contribution in [0.3, 0.4) is 0 Å². The molecule has 3 heterocycles. The minimum Gasteiger partial charge on any atom is -0.394 e. The van der Waals surface area contributed by atoms with Crippen molar-refractivity contribution in [2.45, 2.75) is 58.6 Å². The zero-order chi connectivity index (χ0) is 26.0. The second kappa shape index (κ2) is 10.9. The van der Waals surface area contributed by atoms with E-state index in [0.717, 1.165) is 16.7 Å². The van der Waals surface area contributed by atoms with Gasteiger partial charge in [-0.2, -0.15) is 0 Å². The molecule has 2 aromatic heterocycles. The van der Waals surface area contributed by atoms with Gasteiger partial charge in [-0.25, -0.2) is 15.0 Å². The molecule has 1 aromatic carbocycles. The Hall–Kier alpha value is -3.11. The van der Waals surface area contributed by atoms with E-state index < -0.39 is 18.3 Å². The molecule has 0 fully saturated rings. The first-order valence-electron chi connectivity index (χ1n) is 11.9. The van der Waals surface area contributed by atoms with Gasteiger partial charge in [-0.3, -0.25) is 9.69 Å². The minimum atomic E-state index is -1.08. The summed E-state index contributed by atoms with van der Waals surface area (Å²) in [6.45, 7) is 7.76. The maximum Gasteiger partial charge on any atom is 0.237 e. The number of aromatic nitrogens is 3. The molecule has 1 aliphatic heterocycles. The lowest BCUT2D eigenvalue weighted by atomic mass is 10.0. The summed E-state index contributed by atoms with van der Waals surface area (Å²) in [6.07, 6.45) is 0.436. The quantitative estimate of drug-likeness (QED) is 0.364. The Morgan fingerprint density at radius 2 is 2.00 bits per heavy atom. The van der Waals surface area contributed by atoms with Gasteiger partial charge in [-0.05, 0) is 44.9 Å². The van der Waals surface area contributed by atoms with Crippen LogP contribution in [0.2, 0.25) is 5.02 Å². The first-order valence-corrected chi connectivity index (χ1v) is 12.3. The Bertz CT molecular complexity index is 1250. The van der Waals surface area contributed by atoms with E-state index in [-0.39, 0.29) is 18.6 Å². The van der Waals surface area contributed by atoms with Crippen LogP contribution in [0.4, 0.5) is 5.95 Å². The Morgan fingerprint density at radius 3 is 2.69 bits per heavy atom. The van der Waals surface area contributed by atoms with Crippen molar-refractivity contribution in [1.29, 1.82) is 0 Å². The predicted molar refractivity (Wildman–Crippen MR) is 138 cm³/mol. The molecule has 1 amide bonds. The number of aryl methyl sites for hydroxylation is 1. The number of hydrogen-bond donors (Lipinski definition) is 4. The highest BCUT2D eigenvalue weighted by Gasteiger charge is 2.37. The fourth-order valence-electron chi connectivity index (χ4n) is 4.22. The Kier molecular flexibility index (Phi) is 7.85. The van der Waals surface area contributed by atoms with E-state index in [4.69, 9.17) is 11.6 Å². The Balaban J connectivity index is 1.52. The van der Waals surface area contributed by atoms with Gasteiger partial charge in [0.25, 0.3) is 0 Å². The SMILES string of the molecule is Cc1cccc([C@@H](CO)NC(=O)[C@@H](C)N2Cc3ccc(-c4nc(NC(C)C)ncc4Cl)nc3C2O)c1. The number of anilines is 1. The average molecular weight is 511 g/mol. The highest BCUT2D eigenvalue weighted by molar-refractivity contribution is 6.32. The van der Waals surface area contributed by atoms with Gasteiger partial charge >= 0.3 is 0 Å². The smallest absolute Gasteiger partial charge is 0.237 e. The molecule has 1 aliphatic rings. The largest absolute Gasteiger partial charge is 0.394 e. The number of hydrogen-bond acceptors (Lipinski definition) is 8. The zero-order valence-electron chi connectivity index (χ0n) is 20.7. The molecule has 1 unspecified atom stereocenters. The average Bonchev–Trinajstić information content (AvgIpc) is 3.18. The number of nitrogens with one attached hydrogen (secondary N) is 2. The predicted octanol–water partition coefficient (Wildman–Crippen LogP) is 3.37. The number of pyridine rings is 1. The molecule has 0 bridgehead atoms. The minimum absolute atomic E-state index is 0.145. The van der Waals surface area contributed by atoms with Crippen LogP contribution in [0.1, 0.15) is 55.4 Å². The van der Waals surface area contributed by atoms with Crippen molar-refractivity contribution in [3.05, 3.63) is 70.0 Å². The van der Waals surface area contributed by atoms with Crippen LogP contribution in [0.15, 0.2) is 42.6 Å². The van der Waals surface area contributed by atoms with Crippen molar-refractivity contribution >= 4 is 23.5 Å². The second-order valence-corrected chi connectivity index (χ2v) is 9.72. The van der Waals surface area contributed by atoms with E-state index in [0.29, 0.717) is 34.6 Å². The second-order valence-electron chi connectivity index (χ2n) is 9.31. The molecule has 4 N–H and O–H groups in total. The fraction of sp³-hybridized carbons (Fsp3) is 0.385. The monoisotopic (exact) mass is 510 g/mol.